The summed E-state index contributed by atoms with van der Waals surface area (Å²) in [6, 6.07) is -1.01. The van der Waals surface area contributed by atoms with Crippen molar-refractivity contribution >= 4 is 5.91 Å². The van der Waals surface area contributed by atoms with Gasteiger partial charge < -0.3 is 25.7 Å². The molecule has 0 aromatic carbocycles. The van der Waals surface area contributed by atoms with Gasteiger partial charge >= 0.3 is 0 Å². The van der Waals surface area contributed by atoms with E-state index >= 15 is 0 Å². The van der Waals surface area contributed by atoms with Crippen molar-refractivity contribution in [1.29, 1.82) is 0 Å². The molecule has 1 amide bonds. The lowest BCUT2D eigenvalue weighted by Gasteiger charge is -2.27. The first kappa shape index (κ1) is 53.5. The molecule has 0 spiro atoms. The van der Waals surface area contributed by atoms with Crippen LogP contribution in [0.25, 0.3) is 0 Å². The monoisotopic (exact) mass is 776 g/mol. The van der Waals surface area contributed by atoms with Gasteiger partial charge in [0.25, 0.3) is 0 Å². The second kappa shape index (κ2) is 43.6. The van der Waals surface area contributed by atoms with E-state index in [-0.39, 0.29) is 0 Å². The second-order valence-corrected chi connectivity index (χ2v) is 16.4. The Morgan fingerprint density at radius 3 is 1.20 bits per heavy atom. The van der Waals surface area contributed by atoms with Crippen molar-refractivity contribution in [1.82, 2.24) is 5.32 Å². The molecule has 0 aliphatic heterocycles. The van der Waals surface area contributed by atoms with E-state index in [0.717, 1.165) is 57.8 Å². The van der Waals surface area contributed by atoms with E-state index in [9.17, 15) is 25.2 Å². The predicted octanol–water partition coefficient (Wildman–Crippen LogP) is 12.9. The van der Waals surface area contributed by atoms with Gasteiger partial charge in [-0.2, -0.15) is 0 Å². The molecule has 4 unspecified atom stereocenters. The smallest absolute Gasteiger partial charge is 0.249 e. The molecule has 0 aromatic rings. The third kappa shape index (κ3) is 37.8. The summed E-state index contributed by atoms with van der Waals surface area (Å²) in [5.41, 5.74) is 0. The van der Waals surface area contributed by atoms with E-state index in [4.69, 9.17) is 0 Å². The largest absolute Gasteiger partial charge is 0.394 e. The van der Waals surface area contributed by atoms with Crippen LogP contribution in [-0.2, 0) is 4.79 Å². The number of aliphatic hydroxyl groups is 4. The average Bonchev–Trinajstić information content (AvgIpc) is 3.19. The first-order chi connectivity index (χ1) is 27.0. The quantitative estimate of drug-likeness (QED) is 0.0313. The zero-order valence-electron chi connectivity index (χ0n) is 36.4. The van der Waals surface area contributed by atoms with Crippen LogP contribution in [0.3, 0.4) is 0 Å². The molecule has 5 N–H and O–H groups in total. The molecule has 0 saturated carbocycles. The van der Waals surface area contributed by atoms with Crippen LogP contribution in [0, 0.1) is 0 Å². The number of aliphatic hydroxyl groups excluding tert-OH is 4. The van der Waals surface area contributed by atoms with E-state index in [1.54, 1.807) is 0 Å². The van der Waals surface area contributed by atoms with Gasteiger partial charge in [-0.15, -0.1) is 0 Å². The summed E-state index contributed by atoms with van der Waals surface area (Å²) in [6.45, 7) is 4.04. The molecule has 4 atom stereocenters. The Balaban J connectivity index is 3.77. The first-order valence-corrected chi connectivity index (χ1v) is 23.9. The Bertz CT molecular complexity index is 873. The Hall–Kier alpha value is -1.47. The summed E-state index contributed by atoms with van der Waals surface area (Å²) in [6.07, 6.45) is 51.8. The zero-order chi connectivity index (χ0) is 40.3. The van der Waals surface area contributed by atoms with Crippen LogP contribution in [-0.4, -0.2) is 57.3 Å². The highest BCUT2D eigenvalue weighted by Gasteiger charge is 2.28. The maximum atomic E-state index is 12.5. The Kier molecular flexibility index (Phi) is 42.5. The molecule has 0 rings (SSSR count). The van der Waals surface area contributed by atoms with Crippen LogP contribution in [0.1, 0.15) is 239 Å². The van der Waals surface area contributed by atoms with Crippen molar-refractivity contribution < 1.29 is 25.2 Å². The summed E-state index contributed by atoms with van der Waals surface area (Å²) in [7, 11) is 0. The van der Waals surface area contributed by atoms with Crippen molar-refractivity contribution in [2.24, 2.45) is 0 Å². The minimum absolute atomic E-state index is 0.351. The van der Waals surface area contributed by atoms with Crippen LogP contribution in [0.4, 0.5) is 0 Å². The number of allylic oxidation sites excluding steroid dienone is 6. The van der Waals surface area contributed by atoms with Crippen molar-refractivity contribution in [3.63, 3.8) is 0 Å². The lowest BCUT2D eigenvalue weighted by molar-refractivity contribution is -0.132. The molecular formula is C49H93NO5. The molecule has 0 aliphatic carbocycles. The normalized spacial score (nSPS) is 14.4. The summed E-state index contributed by atoms with van der Waals surface area (Å²) in [5, 5.41) is 43.7. The van der Waals surface area contributed by atoms with Crippen molar-refractivity contribution in [3.05, 3.63) is 36.5 Å². The second-order valence-electron chi connectivity index (χ2n) is 16.4. The van der Waals surface area contributed by atoms with Gasteiger partial charge in [0, 0.05) is 0 Å². The third-order valence-electron chi connectivity index (χ3n) is 11.1. The van der Waals surface area contributed by atoms with Crippen LogP contribution < -0.4 is 5.32 Å². The Morgan fingerprint density at radius 1 is 0.455 bits per heavy atom. The number of amides is 1. The van der Waals surface area contributed by atoms with Crippen LogP contribution in [0.2, 0.25) is 0 Å². The number of hydrogen-bond donors (Lipinski definition) is 5. The maximum Gasteiger partial charge on any atom is 0.249 e. The van der Waals surface area contributed by atoms with Crippen molar-refractivity contribution in [2.45, 2.75) is 263 Å². The SMILES string of the molecule is CCCCCCCCCCC/C=C\C/C=C\CCCCCCCCC(O)C(=O)NC(CO)C(O)C(O)CCC/C=C/CCCCCCCCCCCCCC. The van der Waals surface area contributed by atoms with Gasteiger partial charge in [0.15, 0.2) is 0 Å². The molecule has 0 bridgehead atoms. The third-order valence-corrected chi connectivity index (χ3v) is 11.1. The molecule has 0 radical (unpaired) electrons. The van der Waals surface area contributed by atoms with Crippen LogP contribution >= 0.6 is 0 Å². The van der Waals surface area contributed by atoms with Crippen LogP contribution in [0.15, 0.2) is 36.5 Å². The molecule has 6 heteroatoms. The van der Waals surface area contributed by atoms with Gasteiger partial charge in [0.2, 0.25) is 5.91 Å². The lowest BCUT2D eigenvalue weighted by Crippen LogP contribution is -2.53. The average molecular weight is 776 g/mol. The highest BCUT2D eigenvalue weighted by Crippen LogP contribution is 2.15. The molecule has 0 aromatic heterocycles. The van der Waals surface area contributed by atoms with E-state index < -0.39 is 36.9 Å². The first-order valence-electron chi connectivity index (χ1n) is 23.9. The van der Waals surface area contributed by atoms with Gasteiger partial charge in [0.1, 0.15) is 12.2 Å². The van der Waals surface area contributed by atoms with E-state index in [2.05, 4.69) is 55.6 Å². The fraction of sp³-hybridized carbons (Fsp3) is 0.857. The Morgan fingerprint density at radius 2 is 0.800 bits per heavy atom. The highest BCUT2D eigenvalue weighted by molar-refractivity contribution is 5.80. The summed E-state index contributed by atoms with van der Waals surface area (Å²) in [5.74, 6) is -0.601. The standard InChI is InChI=1S/C49H93NO5/c1-3-5-7-9-11-13-15-17-19-21-22-23-24-25-27-29-31-33-35-37-39-41-43-47(53)49(55)50-45(44-51)48(54)46(52)42-40-38-36-34-32-30-28-26-20-18-16-14-12-10-8-6-4-2/h22-23,25,27,34,36,45-48,51-54H,3-21,24,26,28-33,35,37-44H2,1-2H3,(H,50,55)/b23-22-,27-25-,36-34+. The molecule has 324 valence electrons. The molecule has 0 aliphatic rings. The fourth-order valence-corrected chi connectivity index (χ4v) is 7.26. The number of rotatable bonds is 43. The summed E-state index contributed by atoms with van der Waals surface area (Å²) >= 11 is 0. The van der Waals surface area contributed by atoms with E-state index in [0.29, 0.717) is 12.8 Å². The summed E-state index contributed by atoms with van der Waals surface area (Å²) < 4.78 is 0. The van der Waals surface area contributed by atoms with Gasteiger partial charge in [0.05, 0.1) is 18.8 Å². The van der Waals surface area contributed by atoms with Crippen molar-refractivity contribution in [3.8, 4) is 0 Å². The van der Waals surface area contributed by atoms with Gasteiger partial charge in [-0.1, -0.05) is 204 Å². The zero-order valence-corrected chi connectivity index (χ0v) is 36.4. The summed E-state index contributed by atoms with van der Waals surface area (Å²) in [4.78, 5) is 12.5. The van der Waals surface area contributed by atoms with E-state index in [1.807, 2.05) is 0 Å². The number of unbranched alkanes of at least 4 members (excludes halogenated alkanes) is 28. The Labute approximate surface area is 341 Å². The van der Waals surface area contributed by atoms with Crippen LogP contribution in [0.5, 0.6) is 0 Å². The topological polar surface area (TPSA) is 110 Å². The molecule has 0 fully saturated rings. The minimum Gasteiger partial charge on any atom is -0.394 e. The van der Waals surface area contributed by atoms with Gasteiger partial charge in [-0.25, -0.2) is 0 Å². The number of carbonyl (C=O) groups excluding carboxylic acids is 1. The maximum absolute atomic E-state index is 12.5. The number of carbonyl (C=O) groups is 1. The number of nitrogens with one attached hydrogen (secondary N) is 1. The van der Waals surface area contributed by atoms with Crippen molar-refractivity contribution in [2.75, 3.05) is 6.61 Å². The van der Waals surface area contributed by atoms with Gasteiger partial charge in [-0.3, -0.25) is 4.79 Å². The number of hydrogen-bond acceptors (Lipinski definition) is 5. The molecule has 55 heavy (non-hydrogen) atoms. The minimum atomic E-state index is -1.29. The lowest BCUT2D eigenvalue weighted by atomic mass is 10.00. The van der Waals surface area contributed by atoms with E-state index in [1.165, 1.54) is 154 Å². The molecule has 0 saturated heterocycles. The fourth-order valence-electron chi connectivity index (χ4n) is 7.26. The predicted molar refractivity (Wildman–Crippen MR) is 237 cm³/mol. The highest BCUT2D eigenvalue weighted by atomic mass is 16.3. The molecular weight excluding hydrogens is 683 g/mol. The molecule has 0 heterocycles. The van der Waals surface area contributed by atoms with Gasteiger partial charge in [-0.05, 0) is 70.6 Å². The molecule has 6 nitrogen and oxygen atoms in total.